The molecule has 106 valence electrons. The van der Waals surface area contributed by atoms with Crippen molar-refractivity contribution >= 4 is 11.7 Å². The Morgan fingerprint density at radius 1 is 1.45 bits per heavy atom. The number of carbonyl (C=O) groups is 1. The molecule has 0 bridgehead atoms. The van der Waals surface area contributed by atoms with Crippen molar-refractivity contribution < 1.29 is 14.3 Å². The first-order chi connectivity index (χ1) is 9.70. The topological polar surface area (TPSA) is 79.4 Å². The Balaban J connectivity index is 1.85. The second kappa shape index (κ2) is 6.60. The molecule has 20 heavy (non-hydrogen) atoms. The second-order valence-corrected chi connectivity index (χ2v) is 4.25. The molecule has 1 aromatic carbocycles. The predicted octanol–water partition coefficient (Wildman–Crippen LogP) is 1.72. The lowest BCUT2D eigenvalue weighted by Gasteiger charge is -2.09. The number of carbonyl (C=O) groups excluding carboxylic acids is 1. The minimum Gasteiger partial charge on any atom is -0.496 e. The minimum absolute atomic E-state index is 0.338. The van der Waals surface area contributed by atoms with Crippen LogP contribution in [-0.2, 0) is 11.3 Å². The average Bonchev–Trinajstić information content (AvgIpc) is 2.96. The molecule has 0 fully saturated rings. The van der Waals surface area contributed by atoms with E-state index in [0.29, 0.717) is 23.6 Å². The minimum atomic E-state index is -0.410. The summed E-state index contributed by atoms with van der Waals surface area (Å²) in [6, 6.07) is 4.85. The molecule has 0 radical (unpaired) electrons. The zero-order valence-electron chi connectivity index (χ0n) is 11.3. The molecule has 1 aromatic heterocycles. The van der Waals surface area contributed by atoms with Crippen molar-refractivity contribution in [3.8, 4) is 5.75 Å². The van der Waals surface area contributed by atoms with Crippen LogP contribution in [0.15, 0.2) is 36.9 Å². The van der Waals surface area contributed by atoms with E-state index >= 15 is 0 Å². The molecule has 6 nitrogen and oxygen atoms in total. The molecule has 0 amide bonds. The highest BCUT2D eigenvalue weighted by Gasteiger charge is 2.13. The summed E-state index contributed by atoms with van der Waals surface area (Å²) < 4.78 is 12.3. The van der Waals surface area contributed by atoms with E-state index in [1.165, 1.54) is 7.11 Å². The summed E-state index contributed by atoms with van der Waals surface area (Å²) in [6.07, 6.45) is 6.03. The summed E-state index contributed by atoms with van der Waals surface area (Å²) in [4.78, 5) is 15.9. The number of esters is 1. The second-order valence-electron chi connectivity index (χ2n) is 4.25. The number of hydrogen-bond donors (Lipinski definition) is 1. The fourth-order valence-electron chi connectivity index (χ4n) is 1.79. The van der Waals surface area contributed by atoms with Crippen LogP contribution in [0.4, 0.5) is 5.69 Å². The van der Waals surface area contributed by atoms with Gasteiger partial charge in [0, 0.05) is 30.7 Å². The highest BCUT2D eigenvalue weighted by molar-refractivity contribution is 5.93. The lowest BCUT2D eigenvalue weighted by Crippen LogP contribution is -2.10. The van der Waals surface area contributed by atoms with Crippen molar-refractivity contribution in [2.75, 3.05) is 19.5 Å². The highest BCUT2D eigenvalue weighted by Crippen LogP contribution is 2.22. The number of nitrogens with zero attached hydrogens (tertiary/aromatic N) is 2. The molecule has 6 heteroatoms. The zero-order chi connectivity index (χ0) is 14.4. The first kappa shape index (κ1) is 13.9. The maximum Gasteiger partial charge on any atom is 0.341 e. The van der Waals surface area contributed by atoms with E-state index < -0.39 is 5.97 Å². The van der Waals surface area contributed by atoms with Gasteiger partial charge in [0.05, 0.1) is 20.0 Å². The van der Waals surface area contributed by atoms with Crippen molar-refractivity contribution in [2.45, 2.75) is 13.0 Å². The van der Waals surface area contributed by atoms with Gasteiger partial charge in [0.2, 0.25) is 0 Å². The number of rotatable bonds is 6. The van der Waals surface area contributed by atoms with Crippen molar-refractivity contribution in [1.29, 1.82) is 0 Å². The summed E-state index contributed by atoms with van der Waals surface area (Å²) >= 11 is 0. The van der Waals surface area contributed by atoms with Gasteiger partial charge in [0.15, 0.2) is 0 Å². The Bertz CT molecular complexity index is 567. The summed E-state index contributed by atoms with van der Waals surface area (Å²) in [5, 5.41) is 0. The zero-order valence-corrected chi connectivity index (χ0v) is 11.3. The largest absolute Gasteiger partial charge is 0.496 e. The standard InChI is InChI=1S/C14H17N3O3/c1-19-13-9-11(15)3-4-12(13)14(18)20-8-2-6-17-7-5-16-10-17/h3-5,7,9-10H,2,6,8,15H2,1H3. The Labute approximate surface area is 117 Å². The molecule has 0 saturated carbocycles. The Morgan fingerprint density at radius 2 is 2.30 bits per heavy atom. The van der Waals surface area contributed by atoms with E-state index in [2.05, 4.69) is 4.98 Å². The normalized spacial score (nSPS) is 10.2. The number of nitrogens with two attached hydrogens (primary N) is 1. The molecule has 0 saturated heterocycles. The molecule has 0 spiro atoms. The fraction of sp³-hybridized carbons (Fsp3) is 0.286. The maximum atomic E-state index is 11.9. The number of anilines is 1. The first-order valence-corrected chi connectivity index (χ1v) is 6.27. The van der Waals surface area contributed by atoms with Gasteiger partial charge in [-0.3, -0.25) is 0 Å². The number of aromatic nitrogens is 2. The summed E-state index contributed by atoms with van der Waals surface area (Å²) in [5.41, 5.74) is 6.56. The van der Waals surface area contributed by atoms with Crippen LogP contribution in [0.3, 0.4) is 0 Å². The van der Waals surface area contributed by atoms with Crippen LogP contribution in [0.1, 0.15) is 16.8 Å². The van der Waals surface area contributed by atoms with Gasteiger partial charge in [0.1, 0.15) is 11.3 Å². The molecular weight excluding hydrogens is 258 g/mol. The molecule has 0 aliphatic rings. The third-order valence-corrected chi connectivity index (χ3v) is 2.80. The lowest BCUT2D eigenvalue weighted by molar-refractivity contribution is 0.0492. The van der Waals surface area contributed by atoms with E-state index in [-0.39, 0.29) is 0 Å². The van der Waals surface area contributed by atoms with Crippen LogP contribution in [0.25, 0.3) is 0 Å². The van der Waals surface area contributed by atoms with Crippen molar-refractivity contribution in [1.82, 2.24) is 9.55 Å². The van der Waals surface area contributed by atoms with Gasteiger partial charge in [-0.15, -0.1) is 0 Å². The molecule has 0 unspecified atom stereocenters. The first-order valence-electron chi connectivity index (χ1n) is 6.27. The third-order valence-electron chi connectivity index (χ3n) is 2.80. The van der Waals surface area contributed by atoms with Crippen LogP contribution in [0.2, 0.25) is 0 Å². The number of benzene rings is 1. The van der Waals surface area contributed by atoms with Gasteiger partial charge >= 0.3 is 5.97 Å². The molecule has 2 rings (SSSR count). The monoisotopic (exact) mass is 275 g/mol. The average molecular weight is 275 g/mol. The van der Waals surface area contributed by atoms with Crippen molar-refractivity contribution in [3.63, 3.8) is 0 Å². The van der Waals surface area contributed by atoms with E-state index in [1.54, 1.807) is 30.7 Å². The van der Waals surface area contributed by atoms with Gasteiger partial charge in [-0.25, -0.2) is 9.78 Å². The Kier molecular flexibility index (Phi) is 4.60. The van der Waals surface area contributed by atoms with Crippen molar-refractivity contribution in [2.24, 2.45) is 0 Å². The molecule has 2 N–H and O–H groups in total. The van der Waals surface area contributed by atoms with Gasteiger partial charge in [-0.2, -0.15) is 0 Å². The highest BCUT2D eigenvalue weighted by atomic mass is 16.5. The van der Waals surface area contributed by atoms with Crippen LogP contribution < -0.4 is 10.5 Å². The SMILES string of the molecule is COc1cc(N)ccc1C(=O)OCCCn1ccnc1. The smallest absolute Gasteiger partial charge is 0.341 e. The van der Waals surface area contributed by atoms with Crippen LogP contribution >= 0.6 is 0 Å². The number of methoxy groups -OCH3 is 1. The number of hydrogen-bond acceptors (Lipinski definition) is 5. The molecular formula is C14H17N3O3. The van der Waals surface area contributed by atoms with Gasteiger partial charge in [-0.1, -0.05) is 0 Å². The number of nitrogen functional groups attached to an aromatic ring is 1. The molecule has 1 heterocycles. The van der Waals surface area contributed by atoms with E-state index in [9.17, 15) is 4.79 Å². The third kappa shape index (κ3) is 3.50. The van der Waals surface area contributed by atoms with Crippen molar-refractivity contribution in [3.05, 3.63) is 42.5 Å². The lowest BCUT2D eigenvalue weighted by atomic mass is 10.2. The van der Waals surface area contributed by atoms with Gasteiger partial charge in [0.25, 0.3) is 0 Å². The Morgan fingerprint density at radius 3 is 3.00 bits per heavy atom. The van der Waals surface area contributed by atoms with E-state index in [4.69, 9.17) is 15.2 Å². The fourth-order valence-corrected chi connectivity index (χ4v) is 1.79. The molecule has 0 aliphatic heterocycles. The quantitative estimate of drug-likeness (QED) is 0.493. The van der Waals surface area contributed by atoms with Crippen LogP contribution in [0, 0.1) is 0 Å². The van der Waals surface area contributed by atoms with E-state index in [0.717, 1.165) is 13.0 Å². The Hall–Kier alpha value is -2.50. The summed E-state index contributed by atoms with van der Waals surface area (Å²) in [7, 11) is 1.49. The van der Waals surface area contributed by atoms with Crippen LogP contribution in [-0.4, -0.2) is 29.2 Å². The van der Waals surface area contributed by atoms with Gasteiger partial charge in [-0.05, 0) is 18.6 Å². The number of ether oxygens (including phenoxy) is 2. The summed E-state index contributed by atoms with van der Waals surface area (Å²) in [5.74, 6) is 0.0112. The van der Waals surface area contributed by atoms with Crippen LogP contribution in [0.5, 0.6) is 5.75 Å². The number of aryl methyl sites for hydroxylation is 1. The summed E-state index contributed by atoms with van der Waals surface area (Å²) in [6.45, 7) is 1.09. The maximum absolute atomic E-state index is 11.9. The predicted molar refractivity (Wildman–Crippen MR) is 74.5 cm³/mol. The molecule has 0 atom stereocenters. The molecule has 0 aliphatic carbocycles. The number of imidazole rings is 1. The van der Waals surface area contributed by atoms with E-state index in [1.807, 2.05) is 10.8 Å². The van der Waals surface area contributed by atoms with Gasteiger partial charge < -0.3 is 19.8 Å². The molecule has 2 aromatic rings.